The summed E-state index contributed by atoms with van der Waals surface area (Å²) < 4.78 is 0. The van der Waals surface area contributed by atoms with Crippen molar-refractivity contribution in [2.75, 3.05) is 20.6 Å². The summed E-state index contributed by atoms with van der Waals surface area (Å²) in [6, 6.07) is 4.30. The molecule has 3 heteroatoms. The number of nitrogens with zero attached hydrogens (tertiary/aromatic N) is 1. The highest BCUT2D eigenvalue weighted by Crippen LogP contribution is 2.46. The van der Waals surface area contributed by atoms with Crippen LogP contribution in [0, 0.1) is 5.92 Å². The Balaban J connectivity index is 2.39. The van der Waals surface area contributed by atoms with Crippen LogP contribution in [-0.4, -0.2) is 31.3 Å². The van der Waals surface area contributed by atoms with E-state index in [0.717, 1.165) is 13.0 Å². The molecule has 0 spiro atoms. The quantitative estimate of drug-likeness (QED) is 0.739. The minimum Gasteiger partial charge on any atom is -0.309 e. The Labute approximate surface area is 133 Å². The van der Waals surface area contributed by atoms with Crippen LogP contribution < -0.4 is 0 Å². The number of thiophene rings is 1. The van der Waals surface area contributed by atoms with Crippen LogP contribution in [0.1, 0.15) is 56.7 Å². The fourth-order valence-electron chi connectivity index (χ4n) is 3.88. The first-order valence-electron chi connectivity index (χ1n) is 8.33. The Bertz CT molecular complexity index is 434. The van der Waals surface area contributed by atoms with Gasteiger partial charge in [0.15, 0.2) is 0 Å². The van der Waals surface area contributed by atoms with Crippen LogP contribution >= 0.6 is 11.3 Å². The fraction of sp³-hybridized carbons (Fsp3) is 0.722. The molecule has 0 radical (unpaired) electrons. The van der Waals surface area contributed by atoms with Crippen LogP contribution in [0.3, 0.4) is 0 Å². The average Bonchev–Trinajstić information content (AvgIpc) is 3.03. The molecule has 0 bridgehead atoms. The lowest BCUT2D eigenvalue weighted by Gasteiger charge is -2.41. The van der Waals surface area contributed by atoms with Gasteiger partial charge in [-0.3, -0.25) is 4.79 Å². The molecule has 1 atom stereocenters. The van der Waals surface area contributed by atoms with Crippen LogP contribution in [-0.2, 0) is 10.2 Å². The predicted molar refractivity (Wildman–Crippen MR) is 91.0 cm³/mol. The van der Waals surface area contributed by atoms with Crippen LogP contribution in [0.2, 0.25) is 0 Å². The van der Waals surface area contributed by atoms with E-state index in [1.807, 2.05) is 6.92 Å². The number of hydrogen-bond donors (Lipinski definition) is 0. The summed E-state index contributed by atoms with van der Waals surface area (Å²) in [5.74, 6) is 0.996. The summed E-state index contributed by atoms with van der Waals surface area (Å²) in [5.41, 5.74) is -0.229. The van der Waals surface area contributed by atoms with Crippen molar-refractivity contribution in [3.8, 4) is 0 Å². The molecule has 0 saturated heterocycles. The second-order valence-electron chi connectivity index (χ2n) is 6.61. The maximum atomic E-state index is 13.0. The smallest absolute Gasteiger partial charge is 0.144 e. The van der Waals surface area contributed by atoms with Gasteiger partial charge in [0, 0.05) is 11.3 Å². The minimum absolute atomic E-state index is 0.229. The molecule has 1 heterocycles. The summed E-state index contributed by atoms with van der Waals surface area (Å²) >= 11 is 1.78. The standard InChI is InChI=1S/C18H29NOS/c1-4-16(20)18(12-13-19(2)3,17-11-8-14-21-17)15-9-6-5-7-10-15/h8,11,14-15H,4-7,9-10,12-13H2,1-3H3. The van der Waals surface area contributed by atoms with Crippen molar-refractivity contribution in [3.63, 3.8) is 0 Å². The van der Waals surface area contributed by atoms with E-state index in [9.17, 15) is 4.79 Å². The Kier molecular flexibility index (Phi) is 6.00. The van der Waals surface area contributed by atoms with Crippen LogP contribution in [0.15, 0.2) is 17.5 Å². The number of ketones is 1. The topological polar surface area (TPSA) is 20.3 Å². The van der Waals surface area contributed by atoms with E-state index in [4.69, 9.17) is 0 Å². The van der Waals surface area contributed by atoms with E-state index in [0.29, 0.717) is 18.1 Å². The molecule has 21 heavy (non-hydrogen) atoms. The van der Waals surface area contributed by atoms with Crippen LogP contribution in [0.5, 0.6) is 0 Å². The first kappa shape index (κ1) is 16.7. The van der Waals surface area contributed by atoms with Gasteiger partial charge in [0.05, 0.1) is 5.41 Å². The number of rotatable bonds is 7. The van der Waals surface area contributed by atoms with Gasteiger partial charge in [0.1, 0.15) is 5.78 Å². The van der Waals surface area contributed by atoms with Crippen molar-refractivity contribution >= 4 is 17.1 Å². The highest BCUT2D eigenvalue weighted by Gasteiger charge is 2.46. The van der Waals surface area contributed by atoms with E-state index in [1.54, 1.807) is 11.3 Å². The van der Waals surface area contributed by atoms with Gasteiger partial charge in [0.2, 0.25) is 0 Å². The Morgan fingerprint density at radius 1 is 1.33 bits per heavy atom. The van der Waals surface area contributed by atoms with Crippen molar-refractivity contribution < 1.29 is 4.79 Å². The lowest BCUT2D eigenvalue weighted by molar-refractivity contribution is -0.127. The molecule has 0 N–H and O–H groups in total. The summed E-state index contributed by atoms with van der Waals surface area (Å²) in [7, 11) is 4.22. The zero-order valence-corrected chi connectivity index (χ0v) is 14.5. The zero-order chi connectivity index (χ0) is 15.3. The van der Waals surface area contributed by atoms with Crippen molar-refractivity contribution in [1.82, 2.24) is 4.90 Å². The monoisotopic (exact) mass is 307 g/mol. The predicted octanol–water partition coefficient (Wildman–Crippen LogP) is 4.50. The Morgan fingerprint density at radius 2 is 2.05 bits per heavy atom. The molecule has 1 unspecified atom stereocenters. The number of hydrogen-bond acceptors (Lipinski definition) is 3. The number of carbonyl (C=O) groups is 1. The van der Waals surface area contributed by atoms with Gasteiger partial charge in [-0.05, 0) is 57.3 Å². The van der Waals surface area contributed by atoms with Gasteiger partial charge in [-0.15, -0.1) is 11.3 Å². The average molecular weight is 308 g/mol. The first-order chi connectivity index (χ1) is 10.1. The molecular formula is C18H29NOS. The van der Waals surface area contributed by atoms with Crippen molar-refractivity contribution in [1.29, 1.82) is 0 Å². The SMILES string of the molecule is CCC(=O)C(CCN(C)C)(c1cccs1)C1CCCCC1. The summed E-state index contributed by atoms with van der Waals surface area (Å²) in [6.07, 6.45) is 7.98. The molecule has 0 aromatic carbocycles. The van der Waals surface area contributed by atoms with Crippen molar-refractivity contribution in [2.24, 2.45) is 5.92 Å². The van der Waals surface area contributed by atoms with Gasteiger partial charge in [-0.2, -0.15) is 0 Å². The summed E-state index contributed by atoms with van der Waals surface area (Å²) in [4.78, 5) is 16.6. The number of carbonyl (C=O) groups excluding carboxylic acids is 1. The van der Waals surface area contributed by atoms with Crippen LogP contribution in [0.25, 0.3) is 0 Å². The molecule has 0 aliphatic heterocycles. The third kappa shape index (κ3) is 3.57. The van der Waals surface area contributed by atoms with Gasteiger partial charge in [-0.1, -0.05) is 32.3 Å². The molecule has 118 valence electrons. The number of Topliss-reactive ketones (excluding diaryl/α,β-unsaturated/α-hetero) is 1. The van der Waals surface area contributed by atoms with Gasteiger partial charge >= 0.3 is 0 Å². The van der Waals surface area contributed by atoms with E-state index < -0.39 is 0 Å². The zero-order valence-electron chi connectivity index (χ0n) is 13.7. The maximum Gasteiger partial charge on any atom is 0.144 e. The third-order valence-electron chi connectivity index (χ3n) is 5.04. The van der Waals surface area contributed by atoms with E-state index in [-0.39, 0.29) is 5.41 Å². The Morgan fingerprint density at radius 3 is 2.57 bits per heavy atom. The normalized spacial score (nSPS) is 19.6. The summed E-state index contributed by atoms with van der Waals surface area (Å²) in [6.45, 7) is 3.02. The molecule has 1 aromatic heterocycles. The molecule has 1 aliphatic carbocycles. The minimum atomic E-state index is -0.229. The fourth-order valence-corrected chi connectivity index (χ4v) is 4.93. The molecule has 1 aromatic rings. The highest BCUT2D eigenvalue weighted by atomic mass is 32.1. The first-order valence-corrected chi connectivity index (χ1v) is 9.21. The maximum absolute atomic E-state index is 13.0. The summed E-state index contributed by atoms with van der Waals surface area (Å²) in [5, 5.41) is 2.13. The lowest BCUT2D eigenvalue weighted by Crippen LogP contribution is -2.45. The lowest BCUT2D eigenvalue weighted by atomic mass is 9.63. The largest absolute Gasteiger partial charge is 0.309 e. The molecule has 1 aliphatic rings. The van der Waals surface area contributed by atoms with Gasteiger partial charge in [-0.25, -0.2) is 0 Å². The highest BCUT2D eigenvalue weighted by molar-refractivity contribution is 7.10. The Hall–Kier alpha value is -0.670. The van der Waals surface area contributed by atoms with Crippen molar-refractivity contribution in [2.45, 2.75) is 57.3 Å². The molecule has 1 fully saturated rings. The van der Waals surface area contributed by atoms with E-state index in [2.05, 4.69) is 36.5 Å². The van der Waals surface area contributed by atoms with Crippen LogP contribution in [0.4, 0.5) is 0 Å². The van der Waals surface area contributed by atoms with E-state index in [1.165, 1.54) is 37.0 Å². The van der Waals surface area contributed by atoms with E-state index >= 15 is 0 Å². The molecule has 1 saturated carbocycles. The molecule has 0 amide bonds. The molecular weight excluding hydrogens is 278 g/mol. The molecule has 2 rings (SSSR count). The molecule has 2 nitrogen and oxygen atoms in total. The third-order valence-corrected chi connectivity index (χ3v) is 6.08. The van der Waals surface area contributed by atoms with Crippen molar-refractivity contribution in [3.05, 3.63) is 22.4 Å². The second kappa shape index (κ2) is 7.55. The second-order valence-corrected chi connectivity index (χ2v) is 7.56. The van der Waals surface area contributed by atoms with Gasteiger partial charge in [0.25, 0.3) is 0 Å². The van der Waals surface area contributed by atoms with Gasteiger partial charge < -0.3 is 4.90 Å².